The number of hydrogen-bond donors (Lipinski definition) is 0. The number of rotatable bonds is 2. The Morgan fingerprint density at radius 2 is 0.733 bits per heavy atom. The van der Waals surface area contributed by atoms with Gasteiger partial charge in [0.25, 0.3) is 0 Å². The number of para-hydroxylation sites is 2. The highest BCUT2D eigenvalue weighted by Gasteiger charge is 2.41. The van der Waals surface area contributed by atoms with Crippen LogP contribution in [0.2, 0.25) is 0 Å². The highest BCUT2D eigenvalue weighted by Crippen LogP contribution is 2.41. The van der Waals surface area contributed by atoms with Crippen molar-refractivity contribution in [3.8, 4) is 11.4 Å². The number of hydrogen-bond acceptors (Lipinski definition) is 0. The van der Waals surface area contributed by atoms with E-state index in [4.69, 9.17) is 0 Å². The molecular weight excluding hydrogens is 722 g/mol. The number of fused-ring (bicyclic) bond motifs is 14. The molecule has 13 rings (SSSR count). The zero-order valence-corrected chi connectivity index (χ0v) is 34.9. The maximum Gasteiger partial charge on any atom is 0.247 e. The van der Waals surface area contributed by atoms with Gasteiger partial charge in [0.05, 0.1) is 11.0 Å². The van der Waals surface area contributed by atoms with E-state index in [1.807, 2.05) is 0 Å². The van der Waals surface area contributed by atoms with E-state index in [1.165, 1.54) is 143 Å². The van der Waals surface area contributed by atoms with E-state index in [2.05, 4.69) is 196 Å². The van der Waals surface area contributed by atoms with Crippen LogP contribution in [0.25, 0.3) is 76.5 Å². The molecule has 11 aromatic rings. The van der Waals surface area contributed by atoms with Gasteiger partial charge >= 0.3 is 0 Å². The van der Waals surface area contributed by atoms with Gasteiger partial charge in [0, 0.05) is 44.0 Å². The summed E-state index contributed by atoms with van der Waals surface area (Å²) in [6.07, 6.45) is 0. The van der Waals surface area contributed by atoms with Crippen molar-refractivity contribution in [2.45, 2.75) is 41.5 Å². The van der Waals surface area contributed by atoms with Crippen LogP contribution in [-0.4, -0.2) is 22.6 Å². The second-order valence-corrected chi connectivity index (χ2v) is 18.0. The Morgan fingerprint density at radius 1 is 0.350 bits per heavy atom. The van der Waals surface area contributed by atoms with E-state index in [1.54, 1.807) is 0 Å². The van der Waals surface area contributed by atoms with Crippen molar-refractivity contribution >= 4 is 111 Å². The molecule has 0 fully saturated rings. The maximum absolute atomic E-state index is 2.64. The normalized spacial score (nSPS) is 13.1. The van der Waals surface area contributed by atoms with Gasteiger partial charge in [0.1, 0.15) is 0 Å². The third-order valence-corrected chi connectivity index (χ3v) is 14.4. The average Bonchev–Trinajstić information content (AvgIpc) is 3.77. The molecule has 0 bridgehead atoms. The molecule has 0 N–H and O–H groups in total. The molecule has 0 saturated heterocycles. The Kier molecular flexibility index (Phi) is 6.78. The molecule has 2 nitrogen and oxygen atoms in total. The molecule has 9 aromatic carbocycles. The molecule has 4 heteroatoms. The van der Waals surface area contributed by atoms with E-state index in [0.717, 1.165) is 0 Å². The fourth-order valence-corrected chi connectivity index (χ4v) is 12.4. The molecule has 60 heavy (non-hydrogen) atoms. The van der Waals surface area contributed by atoms with E-state index in [-0.39, 0.29) is 13.4 Å². The Morgan fingerprint density at radius 3 is 1.15 bits per heavy atom. The summed E-state index contributed by atoms with van der Waals surface area (Å²) in [4.78, 5) is 0. The van der Waals surface area contributed by atoms with Crippen molar-refractivity contribution in [2.24, 2.45) is 0 Å². The predicted molar refractivity (Wildman–Crippen MR) is 261 cm³/mol. The van der Waals surface area contributed by atoms with Crippen LogP contribution in [0.15, 0.2) is 146 Å². The molecule has 0 spiro atoms. The molecule has 0 unspecified atom stereocenters. The minimum atomic E-state index is 0.0503. The van der Waals surface area contributed by atoms with E-state index < -0.39 is 0 Å². The van der Waals surface area contributed by atoms with Crippen LogP contribution in [0.4, 0.5) is 0 Å². The first-order valence-corrected chi connectivity index (χ1v) is 21.5. The van der Waals surface area contributed by atoms with Crippen LogP contribution in [0, 0.1) is 41.5 Å². The Balaban J connectivity index is 1.25. The molecule has 2 aliphatic heterocycles. The zero-order chi connectivity index (χ0) is 40.3. The highest BCUT2D eigenvalue weighted by molar-refractivity contribution is 7.00. The number of benzene rings is 9. The van der Waals surface area contributed by atoms with Gasteiger partial charge in [-0.3, -0.25) is 0 Å². The molecule has 0 aliphatic carbocycles. The van der Waals surface area contributed by atoms with Gasteiger partial charge in [-0.05, 0) is 109 Å². The van der Waals surface area contributed by atoms with Gasteiger partial charge < -0.3 is 9.13 Å². The number of aryl methyl sites for hydroxylation is 6. The average molecular weight is 765 g/mol. The topological polar surface area (TPSA) is 9.86 Å². The smallest absolute Gasteiger partial charge is 0.247 e. The molecular formula is C56H42B2N2. The summed E-state index contributed by atoms with van der Waals surface area (Å²) in [6, 6.07) is 56.2. The summed E-state index contributed by atoms with van der Waals surface area (Å²) >= 11 is 0. The largest absolute Gasteiger partial charge is 0.310 e. The first-order valence-electron chi connectivity index (χ1n) is 21.5. The maximum atomic E-state index is 2.64. The lowest BCUT2D eigenvalue weighted by Gasteiger charge is -2.34. The van der Waals surface area contributed by atoms with Crippen LogP contribution < -0.4 is 32.8 Å². The molecule has 0 saturated carbocycles. The van der Waals surface area contributed by atoms with Gasteiger partial charge in [0.15, 0.2) is 0 Å². The minimum Gasteiger partial charge on any atom is -0.310 e. The van der Waals surface area contributed by atoms with E-state index in [0.29, 0.717) is 0 Å². The first-order chi connectivity index (χ1) is 29.3. The lowest BCUT2D eigenvalue weighted by molar-refractivity contribution is 1.16. The van der Waals surface area contributed by atoms with Gasteiger partial charge in [0.2, 0.25) is 13.4 Å². The summed E-state index contributed by atoms with van der Waals surface area (Å²) in [5.74, 6) is 0. The van der Waals surface area contributed by atoms with Crippen LogP contribution in [0.1, 0.15) is 33.4 Å². The van der Waals surface area contributed by atoms with Crippen LogP contribution >= 0.6 is 0 Å². The Bertz CT molecular complexity index is 3460. The number of aromatic nitrogens is 2. The molecule has 0 atom stereocenters. The predicted octanol–water partition coefficient (Wildman–Crippen LogP) is 9.70. The zero-order valence-electron chi connectivity index (χ0n) is 34.9. The van der Waals surface area contributed by atoms with Crippen molar-refractivity contribution < 1.29 is 0 Å². The third-order valence-electron chi connectivity index (χ3n) is 14.4. The summed E-state index contributed by atoms with van der Waals surface area (Å²) in [7, 11) is 0. The van der Waals surface area contributed by atoms with Crippen molar-refractivity contribution in [1.82, 2.24) is 9.13 Å². The quantitative estimate of drug-likeness (QED) is 0.155. The standard InChI is InChI=1S/C56H42B2N2/c1-31-25-33(3)53(34(4)26-31)57-43-19-11-17-41-51-39-15-9-7-13-37(39)21-23-47(51)59(55(41)43)49-30-46-50(29-45(49)57)60-48-24-22-38-14-8-10-16-40(38)52(48)42-18-12-20-44(56(42)60)58(46)54-35(5)27-32(2)28-36(54)6/h7-30H,1-6H3. The van der Waals surface area contributed by atoms with E-state index in [9.17, 15) is 0 Å². The van der Waals surface area contributed by atoms with Crippen molar-refractivity contribution in [2.75, 3.05) is 0 Å². The van der Waals surface area contributed by atoms with E-state index >= 15 is 0 Å². The second-order valence-electron chi connectivity index (χ2n) is 18.0. The molecule has 0 radical (unpaired) electrons. The molecule has 2 aliphatic rings. The minimum absolute atomic E-state index is 0.0503. The Labute approximate surface area is 350 Å². The summed E-state index contributed by atoms with van der Waals surface area (Å²) in [6.45, 7) is 13.9. The van der Waals surface area contributed by atoms with Gasteiger partial charge in [-0.15, -0.1) is 0 Å². The molecule has 0 amide bonds. The summed E-state index contributed by atoms with van der Waals surface area (Å²) < 4.78 is 5.28. The van der Waals surface area contributed by atoms with Crippen LogP contribution in [-0.2, 0) is 0 Å². The third kappa shape index (κ3) is 4.31. The van der Waals surface area contributed by atoms with Gasteiger partial charge in [-0.1, -0.05) is 166 Å². The molecule has 4 heterocycles. The lowest BCUT2D eigenvalue weighted by atomic mass is 9.32. The molecule has 2 aromatic heterocycles. The monoisotopic (exact) mass is 764 g/mol. The highest BCUT2D eigenvalue weighted by atomic mass is 15.0. The van der Waals surface area contributed by atoms with Gasteiger partial charge in [-0.2, -0.15) is 0 Å². The fourth-order valence-electron chi connectivity index (χ4n) is 12.4. The SMILES string of the molecule is Cc1cc(C)c(B2c3cc4c(cc3-n3c5ccc6ccccc6c5c5cccc2c53)B(c2c(C)cc(C)cc2C)c2cccc3c5c6ccccc6ccc5n-4c23)c(C)c1. The Hall–Kier alpha value is -6.77. The number of nitrogens with zero attached hydrogens (tertiary/aromatic N) is 2. The fraction of sp³-hybridized carbons (Fsp3) is 0.107. The van der Waals surface area contributed by atoms with Crippen LogP contribution in [0.3, 0.4) is 0 Å². The summed E-state index contributed by atoms with van der Waals surface area (Å²) in [5.41, 5.74) is 24.1. The molecule has 282 valence electrons. The van der Waals surface area contributed by atoms with Crippen LogP contribution in [0.5, 0.6) is 0 Å². The lowest BCUT2D eigenvalue weighted by Crippen LogP contribution is -2.61. The van der Waals surface area contributed by atoms with Crippen molar-refractivity contribution in [3.05, 3.63) is 179 Å². The summed E-state index contributed by atoms with van der Waals surface area (Å²) in [5, 5.41) is 10.5. The second kappa shape index (κ2) is 11.9. The van der Waals surface area contributed by atoms with Crippen molar-refractivity contribution in [3.63, 3.8) is 0 Å². The first kappa shape index (κ1) is 34.1. The van der Waals surface area contributed by atoms with Crippen molar-refractivity contribution in [1.29, 1.82) is 0 Å². The van der Waals surface area contributed by atoms with Gasteiger partial charge in [-0.25, -0.2) is 0 Å².